The van der Waals surface area contributed by atoms with Crippen molar-refractivity contribution in [3.8, 4) is 11.5 Å². The molecule has 0 saturated heterocycles. The zero-order chi connectivity index (χ0) is 15.5. The molecule has 2 aromatic rings. The summed E-state index contributed by atoms with van der Waals surface area (Å²) in [5, 5.41) is 3.54. The molecular weight excluding hydrogens is 312 g/mol. The van der Waals surface area contributed by atoms with E-state index >= 15 is 0 Å². The first-order valence-corrected chi connectivity index (χ1v) is 6.99. The van der Waals surface area contributed by atoms with E-state index in [9.17, 15) is 4.79 Å². The number of nitrogens with one attached hydrogen (secondary N) is 1. The van der Waals surface area contributed by atoms with Gasteiger partial charge in [0.05, 0.1) is 18.2 Å². The van der Waals surface area contributed by atoms with Crippen molar-refractivity contribution >= 4 is 23.3 Å². The second-order valence-corrected chi connectivity index (χ2v) is 4.80. The fraction of sp³-hybridized carbons (Fsp3) is 0.286. The molecule has 0 radical (unpaired) electrons. The van der Waals surface area contributed by atoms with E-state index < -0.39 is 5.97 Å². The number of esters is 1. The quantitative estimate of drug-likeness (QED) is 0.847. The number of carbonyl (C=O) groups is 1. The van der Waals surface area contributed by atoms with E-state index in [4.69, 9.17) is 30.2 Å². The number of ether oxygens (including phenoxy) is 3. The lowest BCUT2D eigenvalue weighted by Gasteiger charge is -2.06. The van der Waals surface area contributed by atoms with Crippen LogP contribution in [0.4, 0.5) is 5.69 Å². The number of benzene rings is 1. The molecule has 7 nitrogen and oxygen atoms in total. The van der Waals surface area contributed by atoms with Crippen LogP contribution in [0.15, 0.2) is 22.8 Å². The Bertz CT molecular complexity index is 701. The summed E-state index contributed by atoms with van der Waals surface area (Å²) in [5.74, 6) is 0.961. The molecule has 1 aliphatic heterocycles. The highest BCUT2D eigenvalue weighted by Gasteiger charge is 2.18. The van der Waals surface area contributed by atoms with Crippen LogP contribution in [-0.4, -0.2) is 24.4 Å². The molecule has 116 valence electrons. The molecule has 22 heavy (non-hydrogen) atoms. The van der Waals surface area contributed by atoms with Crippen LogP contribution in [0.3, 0.4) is 0 Å². The SMILES string of the molecule is CCOC(=O)c1coc(CNc2cc(Cl)c3c(c2)OCO3)n1. The first-order chi connectivity index (χ1) is 10.7. The standard InChI is InChI=1S/C14H13ClN2O5/c1-2-19-14(18)10-6-20-12(17-10)5-16-8-3-9(15)13-11(4-8)21-7-22-13/h3-4,6,16H,2,5,7H2,1H3. The molecule has 1 aromatic heterocycles. The number of hydrogen-bond donors (Lipinski definition) is 1. The van der Waals surface area contributed by atoms with Gasteiger partial charge in [-0.3, -0.25) is 0 Å². The molecule has 1 aliphatic rings. The Hall–Kier alpha value is -2.41. The molecule has 0 saturated carbocycles. The summed E-state index contributed by atoms with van der Waals surface area (Å²) in [4.78, 5) is 15.5. The maximum atomic E-state index is 11.5. The Balaban J connectivity index is 1.66. The molecule has 0 amide bonds. The van der Waals surface area contributed by atoms with Crippen LogP contribution >= 0.6 is 11.6 Å². The number of rotatable bonds is 5. The highest BCUT2D eigenvalue weighted by atomic mass is 35.5. The van der Waals surface area contributed by atoms with Crippen molar-refractivity contribution in [1.29, 1.82) is 0 Å². The topological polar surface area (TPSA) is 82.8 Å². The van der Waals surface area contributed by atoms with Crippen LogP contribution in [0.5, 0.6) is 11.5 Å². The van der Waals surface area contributed by atoms with Crippen LogP contribution in [0, 0.1) is 0 Å². The molecule has 0 unspecified atom stereocenters. The summed E-state index contributed by atoms with van der Waals surface area (Å²) in [6.07, 6.45) is 1.27. The van der Waals surface area contributed by atoms with Gasteiger partial charge in [-0.25, -0.2) is 9.78 Å². The van der Waals surface area contributed by atoms with Gasteiger partial charge in [0.15, 0.2) is 17.2 Å². The monoisotopic (exact) mass is 324 g/mol. The maximum Gasteiger partial charge on any atom is 0.360 e. The summed E-state index contributed by atoms with van der Waals surface area (Å²) in [6, 6.07) is 3.48. The molecule has 1 aromatic carbocycles. The Morgan fingerprint density at radius 1 is 1.45 bits per heavy atom. The number of halogens is 1. The molecule has 8 heteroatoms. The van der Waals surface area contributed by atoms with Crippen LogP contribution < -0.4 is 14.8 Å². The second-order valence-electron chi connectivity index (χ2n) is 4.39. The van der Waals surface area contributed by atoms with Crippen molar-refractivity contribution < 1.29 is 23.4 Å². The van der Waals surface area contributed by atoms with Gasteiger partial charge in [0.2, 0.25) is 12.7 Å². The summed E-state index contributed by atoms with van der Waals surface area (Å²) >= 11 is 6.09. The lowest BCUT2D eigenvalue weighted by Crippen LogP contribution is -2.06. The molecule has 0 spiro atoms. The Morgan fingerprint density at radius 3 is 3.14 bits per heavy atom. The lowest BCUT2D eigenvalue weighted by atomic mass is 10.2. The number of oxazole rings is 1. The molecule has 3 rings (SSSR count). The van der Waals surface area contributed by atoms with Crippen LogP contribution in [-0.2, 0) is 11.3 Å². The van der Waals surface area contributed by atoms with Crippen molar-refractivity contribution in [2.75, 3.05) is 18.7 Å². The minimum Gasteiger partial charge on any atom is -0.461 e. The molecular formula is C14H13ClN2O5. The van der Waals surface area contributed by atoms with Gasteiger partial charge in [0.1, 0.15) is 6.26 Å². The number of carbonyl (C=O) groups excluding carboxylic acids is 1. The van der Waals surface area contributed by atoms with Gasteiger partial charge in [0, 0.05) is 11.8 Å². The summed E-state index contributed by atoms with van der Waals surface area (Å²) in [5.41, 5.74) is 0.868. The van der Waals surface area contributed by atoms with Crippen molar-refractivity contribution in [2.45, 2.75) is 13.5 Å². The van der Waals surface area contributed by atoms with E-state index in [1.54, 1.807) is 19.1 Å². The van der Waals surface area contributed by atoms with Crippen LogP contribution in [0.2, 0.25) is 5.02 Å². The number of anilines is 1. The van der Waals surface area contributed by atoms with Gasteiger partial charge in [0.25, 0.3) is 0 Å². The van der Waals surface area contributed by atoms with E-state index in [1.165, 1.54) is 6.26 Å². The largest absolute Gasteiger partial charge is 0.461 e. The zero-order valence-corrected chi connectivity index (χ0v) is 12.5. The van der Waals surface area contributed by atoms with E-state index in [0.717, 1.165) is 5.69 Å². The first-order valence-electron chi connectivity index (χ1n) is 6.62. The van der Waals surface area contributed by atoms with Gasteiger partial charge in [-0.15, -0.1) is 0 Å². The normalized spacial score (nSPS) is 12.3. The van der Waals surface area contributed by atoms with Gasteiger partial charge < -0.3 is 23.9 Å². The van der Waals surface area contributed by atoms with Gasteiger partial charge in [-0.1, -0.05) is 11.6 Å². The molecule has 2 heterocycles. The summed E-state index contributed by atoms with van der Waals surface area (Å²) < 4.78 is 20.6. The third kappa shape index (κ3) is 2.94. The molecule has 0 fully saturated rings. The van der Waals surface area contributed by atoms with Gasteiger partial charge >= 0.3 is 5.97 Å². The number of aromatic nitrogens is 1. The molecule has 0 atom stereocenters. The van der Waals surface area contributed by atoms with Crippen molar-refractivity contribution in [2.24, 2.45) is 0 Å². The summed E-state index contributed by atoms with van der Waals surface area (Å²) in [6.45, 7) is 2.45. The average molecular weight is 325 g/mol. The Labute approximate surface area is 131 Å². The smallest absolute Gasteiger partial charge is 0.360 e. The highest BCUT2D eigenvalue weighted by Crippen LogP contribution is 2.41. The molecule has 0 bridgehead atoms. The third-order valence-corrected chi connectivity index (χ3v) is 3.19. The Kier molecular flexibility index (Phi) is 4.06. The van der Waals surface area contributed by atoms with E-state index in [-0.39, 0.29) is 25.6 Å². The predicted molar refractivity (Wildman–Crippen MR) is 77.4 cm³/mol. The molecule has 1 N–H and O–H groups in total. The average Bonchev–Trinajstić information content (AvgIpc) is 3.14. The van der Waals surface area contributed by atoms with Gasteiger partial charge in [-0.05, 0) is 13.0 Å². The first kappa shape index (κ1) is 14.5. The minimum absolute atomic E-state index is 0.141. The minimum atomic E-state index is -0.511. The zero-order valence-electron chi connectivity index (χ0n) is 11.7. The van der Waals surface area contributed by atoms with Crippen LogP contribution in [0.1, 0.15) is 23.3 Å². The van der Waals surface area contributed by atoms with E-state index in [1.807, 2.05) is 0 Å². The number of hydrogen-bond acceptors (Lipinski definition) is 7. The second kappa shape index (κ2) is 6.15. The number of nitrogens with zero attached hydrogens (tertiary/aromatic N) is 1. The fourth-order valence-corrected chi connectivity index (χ4v) is 2.20. The third-order valence-electron chi connectivity index (χ3n) is 2.91. The van der Waals surface area contributed by atoms with E-state index in [2.05, 4.69) is 10.3 Å². The van der Waals surface area contributed by atoms with Crippen LogP contribution in [0.25, 0.3) is 0 Å². The highest BCUT2D eigenvalue weighted by molar-refractivity contribution is 6.32. The summed E-state index contributed by atoms with van der Waals surface area (Å²) in [7, 11) is 0. The van der Waals surface area contributed by atoms with E-state index in [0.29, 0.717) is 22.4 Å². The van der Waals surface area contributed by atoms with Crippen molar-refractivity contribution in [3.63, 3.8) is 0 Å². The van der Waals surface area contributed by atoms with Gasteiger partial charge in [-0.2, -0.15) is 0 Å². The van der Waals surface area contributed by atoms with Crippen molar-refractivity contribution in [1.82, 2.24) is 4.98 Å². The lowest BCUT2D eigenvalue weighted by molar-refractivity contribution is 0.0519. The molecule has 0 aliphatic carbocycles. The maximum absolute atomic E-state index is 11.5. The van der Waals surface area contributed by atoms with Crippen molar-refractivity contribution in [3.05, 3.63) is 35.0 Å². The predicted octanol–water partition coefficient (Wildman–Crippen LogP) is 2.85. The Morgan fingerprint density at radius 2 is 2.32 bits per heavy atom. The fourth-order valence-electron chi connectivity index (χ4n) is 1.94. The number of fused-ring (bicyclic) bond motifs is 1.